The van der Waals surface area contributed by atoms with E-state index in [4.69, 9.17) is 9.47 Å². The largest absolute Gasteiger partial charge is 0.489 e. The number of hydrogen-bond donors (Lipinski definition) is 1. The summed E-state index contributed by atoms with van der Waals surface area (Å²) in [6.07, 6.45) is 0.747. The smallest absolute Gasteiger partial charge is 0.336 e. The number of benzene rings is 4. The van der Waals surface area contributed by atoms with E-state index in [1.54, 1.807) is 13.8 Å². The Morgan fingerprint density at radius 2 is 1.43 bits per heavy atom. The Hall–Kier alpha value is -5.17. The van der Waals surface area contributed by atoms with Gasteiger partial charge >= 0.3 is 5.97 Å². The molecule has 2 amide bonds. The van der Waals surface area contributed by atoms with Crippen LogP contribution in [0.5, 0.6) is 5.75 Å². The van der Waals surface area contributed by atoms with Gasteiger partial charge in [0.15, 0.2) is 0 Å². The van der Waals surface area contributed by atoms with Gasteiger partial charge in [-0.05, 0) is 54.7 Å². The van der Waals surface area contributed by atoms with Crippen LogP contribution in [0.4, 0.5) is 0 Å². The molecule has 46 heavy (non-hydrogen) atoms. The van der Waals surface area contributed by atoms with Crippen molar-refractivity contribution in [2.24, 2.45) is 0 Å². The second-order valence-electron chi connectivity index (χ2n) is 11.3. The number of rotatable bonds is 13. The van der Waals surface area contributed by atoms with E-state index in [9.17, 15) is 14.4 Å². The van der Waals surface area contributed by atoms with Gasteiger partial charge in [-0.1, -0.05) is 103 Å². The summed E-state index contributed by atoms with van der Waals surface area (Å²) < 4.78 is 11.3. The van der Waals surface area contributed by atoms with Crippen LogP contribution in [0, 0.1) is 0 Å². The van der Waals surface area contributed by atoms with E-state index in [1.807, 2.05) is 91.0 Å². The van der Waals surface area contributed by atoms with E-state index in [0.29, 0.717) is 36.6 Å². The fourth-order valence-corrected chi connectivity index (χ4v) is 5.95. The van der Waals surface area contributed by atoms with Gasteiger partial charge < -0.3 is 19.7 Å². The third kappa shape index (κ3) is 8.10. The van der Waals surface area contributed by atoms with Crippen molar-refractivity contribution in [3.8, 4) is 5.75 Å². The zero-order valence-electron chi connectivity index (χ0n) is 26.4. The van der Waals surface area contributed by atoms with Crippen LogP contribution in [0.1, 0.15) is 60.8 Å². The summed E-state index contributed by atoms with van der Waals surface area (Å²) >= 11 is 0. The molecule has 0 spiro atoms. The van der Waals surface area contributed by atoms with Crippen LogP contribution >= 0.6 is 0 Å². The highest BCUT2D eigenvalue weighted by Crippen LogP contribution is 2.37. The van der Waals surface area contributed by atoms with Crippen molar-refractivity contribution in [3.05, 3.63) is 149 Å². The Bertz CT molecular complexity index is 1600. The van der Waals surface area contributed by atoms with E-state index in [2.05, 4.69) is 29.6 Å². The van der Waals surface area contributed by atoms with Gasteiger partial charge in [0.2, 0.25) is 11.8 Å². The lowest BCUT2D eigenvalue weighted by Gasteiger charge is -2.34. The minimum absolute atomic E-state index is 0.0487. The Labute approximate surface area is 270 Å². The molecular weight excluding hydrogens is 576 g/mol. The van der Waals surface area contributed by atoms with Crippen molar-refractivity contribution < 1.29 is 23.9 Å². The fraction of sp³-hybridized carbons (Fsp3) is 0.256. The SMILES string of the molecule is CCOC(=O)C1=C(C)N(CC(=O)NCCC(c2ccccc2)c2ccccc2)C(=O)CC1c1ccc(OCc2ccccc2)cc1. The van der Waals surface area contributed by atoms with E-state index >= 15 is 0 Å². The predicted octanol–water partition coefficient (Wildman–Crippen LogP) is 6.76. The molecule has 0 bridgehead atoms. The molecular formula is C39H40N2O5. The predicted molar refractivity (Wildman–Crippen MR) is 178 cm³/mol. The first kappa shape index (κ1) is 32.2. The molecule has 1 heterocycles. The molecule has 0 aliphatic carbocycles. The highest BCUT2D eigenvalue weighted by Gasteiger charge is 2.37. The minimum atomic E-state index is -0.494. The molecule has 1 aliphatic heterocycles. The van der Waals surface area contributed by atoms with Crippen LogP contribution in [-0.4, -0.2) is 42.4 Å². The first-order chi connectivity index (χ1) is 22.4. The highest BCUT2D eigenvalue weighted by molar-refractivity contribution is 5.97. The zero-order chi connectivity index (χ0) is 32.3. The summed E-state index contributed by atoms with van der Waals surface area (Å²) in [4.78, 5) is 41.3. The summed E-state index contributed by atoms with van der Waals surface area (Å²) in [6.45, 7) is 4.36. The molecule has 7 heteroatoms. The van der Waals surface area contributed by atoms with Crippen LogP contribution in [0.3, 0.4) is 0 Å². The number of nitrogens with zero attached hydrogens (tertiary/aromatic N) is 1. The molecule has 4 aromatic rings. The van der Waals surface area contributed by atoms with Crippen molar-refractivity contribution in [2.75, 3.05) is 19.7 Å². The van der Waals surface area contributed by atoms with Gasteiger partial charge in [-0.15, -0.1) is 0 Å². The van der Waals surface area contributed by atoms with Gasteiger partial charge in [0.25, 0.3) is 0 Å². The molecule has 5 rings (SSSR count). The number of carbonyl (C=O) groups is 3. The number of allylic oxidation sites excluding steroid dienone is 1. The van der Waals surface area contributed by atoms with Crippen molar-refractivity contribution in [1.82, 2.24) is 10.2 Å². The average Bonchev–Trinajstić information content (AvgIpc) is 3.09. The van der Waals surface area contributed by atoms with Gasteiger partial charge in [-0.2, -0.15) is 0 Å². The van der Waals surface area contributed by atoms with E-state index in [-0.39, 0.29) is 37.3 Å². The molecule has 1 atom stereocenters. The molecule has 0 radical (unpaired) electrons. The van der Waals surface area contributed by atoms with Gasteiger partial charge in [-0.3, -0.25) is 9.59 Å². The summed E-state index contributed by atoms with van der Waals surface area (Å²) in [6, 6.07) is 37.8. The first-order valence-corrected chi connectivity index (χ1v) is 15.8. The van der Waals surface area contributed by atoms with Gasteiger partial charge in [-0.25, -0.2) is 4.79 Å². The highest BCUT2D eigenvalue weighted by atomic mass is 16.5. The van der Waals surface area contributed by atoms with Crippen molar-refractivity contribution in [2.45, 2.75) is 45.1 Å². The molecule has 1 unspecified atom stereocenters. The number of esters is 1. The normalized spacial score (nSPS) is 14.7. The van der Waals surface area contributed by atoms with Gasteiger partial charge in [0.05, 0.1) is 12.2 Å². The quantitative estimate of drug-likeness (QED) is 0.168. The summed E-state index contributed by atoms with van der Waals surface area (Å²) in [5, 5.41) is 3.00. The van der Waals surface area contributed by atoms with Gasteiger partial charge in [0.1, 0.15) is 18.9 Å². The van der Waals surface area contributed by atoms with E-state index in [1.165, 1.54) is 16.0 Å². The Morgan fingerprint density at radius 1 is 0.848 bits per heavy atom. The first-order valence-electron chi connectivity index (χ1n) is 15.8. The maximum absolute atomic E-state index is 13.5. The molecule has 0 fully saturated rings. The minimum Gasteiger partial charge on any atom is -0.489 e. The summed E-state index contributed by atoms with van der Waals surface area (Å²) in [5.74, 6) is -0.677. The lowest BCUT2D eigenvalue weighted by atomic mass is 9.83. The van der Waals surface area contributed by atoms with Crippen LogP contribution < -0.4 is 10.1 Å². The molecule has 1 aliphatic rings. The third-order valence-electron chi connectivity index (χ3n) is 8.31. The Morgan fingerprint density at radius 3 is 2.02 bits per heavy atom. The Balaban J connectivity index is 1.26. The second-order valence-corrected chi connectivity index (χ2v) is 11.3. The molecule has 0 saturated carbocycles. The van der Waals surface area contributed by atoms with Crippen molar-refractivity contribution >= 4 is 17.8 Å². The maximum atomic E-state index is 13.5. The Kier molecular flexibility index (Phi) is 11.0. The van der Waals surface area contributed by atoms with Crippen molar-refractivity contribution in [1.29, 1.82) is 0 Å². The topological polar surface area (TPSA) is 84.9 Å². The van der Waals surface area contributed by atoms with Crippen LogP contribution in [0.15, 0.2) is 127 Å². The van der Waals surface area contributed by atoms with Crippen molar-refractivity contribution in [3.63, 3.8) is 0 Å². The lowest BCUT2D eigenvalue weighted by Crippen LogP contribution is -2.44. The molecule has 7 nitrogen and oxygen atoms in total. The fourth-order valence-electron chi connectivity index (χ4n) is 5.95. The van der Waals surface area contributed by atoms with Crippen LogP contribution in [0.2, 0.25) is 0 Å². The van der Waals surface area contributed by atoms with Crippen LogP contribution in [-0.2, 0) is 25.7 Å². The number of amides is 2. The number of ether oxygens (including phenoxy) is 2. The van der Waals surface area contributed by atoms with E-state index in [0.717, 1.165) is 11.1 Å². The number of hydrogen-bond acceptors (Lipinski definition) is 5. The number of carbonyl (C=O) groups excluding carboxylic acids is 3. The summed E-state index contributed by atoms with van der Waals surface area (Å²) in [7, 11) is 0. The molecule has 4 aromatic carbocycles. The average molecular weight is 617 g/mol. The standard InChI is InChI=1S/C39H40N2O5/c1-3-45-39(44)38-28(2)41(26-36(42)40-24-23-34(30-15-9-5-10-16-30)31-17-11-6-12-18-31)37(43)25-35(38)32-19-21-33(22-20-32)46-27-29-13-7-4-8-14-29/h4-22,34-35H,3,23-27H2,1-2H3,(H,40,42). The molecule has 0 aromatic heterocycles. The van der Waals surface area contributed by atoms with E-state index < -0.39 is 11.9 Å². The summed E-state index contributed by atoms with van der Waals surface area (Å²) in [5.41, 5.74) is 5.04. The number of nitrogens with one attached hydrogen (secondary N) is 1. The zero-order valence-corrected chi connectivity index (χ0v) is 26.4. The lowest BCUT2D eigenvalue weighted by molar-refractivity contribution is -0.141. The second kappa shape index (κ2) is 15.7. The van der Waals surface area contributed by atoms with Gasteiger partial charge in [0, 0.05) is 30.5 Å². The third-order valence-corrected chi connectivity index (χ3v) is 8.31. The monoisotopic (exact) mass is 616 g/mol. The molecule has 0 saturated heterocycles. The molecule has 236 valence electrons. The van der Waals surface area contributed by atoms with Crippen LogP contribution in [0.25, 0.3) is 0 Å². The molecule has 1 N–H and O–H groups in total. The maximum Gasteiger partial charge on any atom is 0.336 e.